The molecule has 0 radical (unpaired) electrons. The number of methoxy groups -OCH3 is 1. The van der Waals surface area contributed by atoms with Gasteiger partial charge in [-0.15, -0.1) is 10.2 Å². The van der Waals surface area contributed by atoms with Crippen LogP contribution in [0.2, 0.25) is 0 Å². The van der Waals surface area contributed by atoms with E-state index in [1.165, 1.54) is 0 Å². The number of aromatic nitrogens is 2. The lowest BCUT2D eigenvalue weighted by atomic mass is 10.1. The second-order valence-electron chi connectivity index (χ2n) is 6.17. The molecule has 1 heterocycles. The summed E-state index contributed by atoms with van der Waals surface area (Å²) in [6, 6.07) is 10.6. The number of nitrogens with zero attached hydrogens (tertiary/aromatic N) is 2. The minimum absolute atomic E-state index is 0.109. The molecule has 0 aliphatic rings. The van der Waals surface area contributed by atoms with Crippen molar-refractivity contribution in [2.45, 2.75) is 26.3 Å². The molecule has 0 saturated heterocycles. The molecule has 0 saturated carbocycles. The molecule has 1 aromatic carbocycles. The van der Waals surface area contributed by atoms with Crippen LogP contribution in [0.25, 0.3) is 0 Å². The Kier molecular flexibility index (Phi) is 5.57. The highest BCUT2D eigenvalue weighted by Gasteiger charge is 2.11. The molecular formula is C17H22N4O3. The van der Waals surface area contributed by atoms with Crippen molar-refractivity contribution in [3.63, 3.8) is 0 Å². The van der Waals surface area contributed by atoms with E-state index in [4.69, 9.17) is 9.47 Å². The number of para-hydroxylation sites is 2. The molecule has 24 heavy (non-hydrogen) atoms. The second-order valence-corrected chi connectivity index (χ2v) is 6.17. The molecule has 1 amide bonds. The predicted molar refractivity (Wildman–Crippen MR) is 92.5 cm³/mol. The topological polar surface area (TPSA) is 85.4 Å². The zero-order chi connectivity index (χ0) is 17.6. The van der Waals surface area contributed by atoms with E-state index >= 15 is 0 Å². The molecule has 0 unspecified atom stereocenters. The van der Waals surface area contributed by atoms with Gasteiger partial charge in [0, 0.05) is 5.54 Å². The number of amides is 1. The summed E-state index contributed by atoms with van der Waals surface area (Å²) in [7, 11) is 1.55. The van der Waals surface area contributed by atoms with E-state index in [2.05, 4.69) is 20.8 Å². The van der Waals surface area contributed by atoms with Crippen molar-refractivity contribution in [2.24, 2.45) is 0 Å². The van der Waals surface area contributed by atoms with Crippen LogP contribution < -0.4 is 20.1 Å². The zero-order valence-electron chi connectivity index (χ0n) is 14.3. The van der Waals surface area contributed by atoms with Crippen LogP contribution in [0.3, 0.4) is 0 Å². The highest BCUT2D eigenvalue weighted by Crippen LogP contribution is 2.25. The monoisotopic (exact) mass is 330 g/mol. The molecular weight excluding hydrogens is 308 g/mol. The van der Waals surface area contributed by atoms with Gasteiger partial charge in [0.15, 0.2) is 23.9 Å². The number of anilines is 2. The standard InChI is InChI=1S/C17H22N4O3/c1-17(2,3)19-15-10-9-14(20-21-15)18-16(22)11-24-13-8-6-5-7-12(13)23-4/h5-10H,11H2,1-4H3,(H,19,21)(H,18,20,22). The smallest absolute Gasteiger partial charge is 0.263 e. The fraction of sp³-hybridized carbons (Fsp3) is 0.353. The first-order valence-electron chi connectivity index (χ1n) is 7.55. The molecule has 0 aliphatic carbocycles. The number of carbonyl (C=O) groups is 1. The molecule has 0 spiro atoms. The third-order valence-corrected chi connectivity index (χ3v) is 2.86. The molecule has 128 valence electrons. The van der Waals surface area contributed by atoms with Gasteiger partial charge in [-0.05, 0) is 45.0 Å². The lowest BCUT2D eigenvalue weighted by molar-refractivity contribution is -0.118. The molecule has 0 bridgehead atoms. The van der Waals surface area contributed by atoms with Crippen LogP contribution in [0.1, 0.15) is 20.8 Å². The molecule has 7 heteroatoms. The average Bonchev–Trinajstić information content (AvgIpc) is 2.53. The fourth-order valence-corrected chi connectivity index (χ4v) is 1.91. The van der Waals surface area contributed by atoms with Crippen molar-refractivity contribution in [3.8, 4) is 11.5 Å². The quantitative estimate of drug-likeness (QED) is 0.847. The summed E-state index contributed by atoms with van der Waals surface area (Å²) in [6.07, 6.45) is 0. The van der Waals surface area contributed by atoms with Crippen molar-refractivity contribution < 1.29 is 14.3 Å². The maximum absolute atomic E-state index is 11.9. The Morgan fingerprint density at radius 3 is 2.25 bits per heavy atom. The Labute approximate surface area is 141 Å². The minimum atomic E-state index is -0.327. The number of nitrogens with one attached hydrogen (secondary N) is 2. The van der Waals surface area contributed by atoms with E-state index in [9.17, 15) is 4.79 Å². The summed E-state index contributed by atoms with van der Waals surface area (Å²) in [6.45, 7) is 5.93. The van der Waals surface area contributed by atoms with Crippen LogP contribution in [-0.2, 0) is 4.79 Å². The molecule has 1 aromatic heterocycles. The molecule has 2 rings (SSSR count). The highest BCUT2D eigenvalue weighted by molar-refractivity contribution is 5.90. The summed E-state index contributed by atoms with van der Waals surface area (Å²) < 4.78 is 10.6. The summed E-state index contributed by atoms with van der Waals surface area (Å²) in [5, 5.41) is 13.8. The first kappa shape index (κ1) is 17.5. The third-order valence-electron chi connectivity index (χ3n) is 2.86. The predicted octanol–water partition coefficient (Wildman–Crippen LogP) is 2.71. The fourth-order valence-electron chi connectivity index (χ4n) is 1.91. The Bertz CT molecular complexity index is 681. The van der Waals surface area contributed by atoms with Crippen LogP contribution in [0.5, 0.6) is 11.5 Å². The van der Waals surface area contributed by atoms with E-state index in [1.54, 1.807) is 31.4 Å². The molecule has 2 N–H and O–H groups in total. The van der Waals surface area contributed by atoms with Crippen molar-refractivity contribution >= 4 is 17.5 Å². The average molecular weight is 330 g/mol. The highest BCUT2D eigenvalue weighted by atomic mass is 16.5. The van der Waals surface area contributed by atoms with Crippen molar-refractivity contribution in [2.75, 3.05) is 24.4 Å². The lowest BCUT2D eigenvalue weighted by Gasteiger charge is -2.20. The minimum Gasteiger partial charge on any atom is -0.493 e. The van der Waals surface area contributed by atoms with Crippen LogP contribution in [-0.4, -0.2) is 35.4 Å². The Hall–Kier alpha value is -2.83. The van der Waals surface area contributed by atoms with Gasteiger partial charge in [-0.3, -0.25) is 4.79 Å². The van der Waals surface area contributed by atoms with Crippen LogP contribution >= 0.6 is 0 Å². The first-order chi connectivity index (χ1) is 11.4. The summed E-state index contributed by atoms with van der Waals surface area (Å²) >= 11 is 0. The Morgan fingerprint density at radius 2 is 1.67 bits per heavy atom. The van der Waals surface area contributed by atoms with Gasteiger partial charge in [-0.1, -0.05) is 12.1 Å². The molecule has 0 fully saturated rings. The van der Waals surface area contributed by atoms with Crippen LogP contribution in [0.15, 0.2) is 36.4 Å². The van der Waals surface area contributed by atoms with Crippen LogP contribution in [0.4, 0.5) is 11.6 Å². The van der Waals surface area contributed by atoms with E-state index in [1.807, 2.05) is 32.9 Å². The SMILES string of the molecule is COc1ccccc1OCC(=O)Nc1ccc(NC(C)(C)C)nn1. The molecule has 0 aliphatic heterocycles. The van der Waals surface area contributed by atoms with E-state index in [-0.39, 0.29) is 18.1 Å². The number of ether oxygens (including phenoxy) is 2. The number of hydrogen-bond donors (Lipinski definition) is 2. The molecule has 0 atom stereocenters. The first-order valence-corrected chi connectivity index (χ1v) is 7.55. The Balaban J connectivity index is 1.88. The van der Waals surface area contributed by atoms with Crippen LogP contribution in [0, 0.1) is 0 Å². The number of carbonyl (C=O) groups excluding carboxylic acids is 1. The Morgan fingerprint density at radius 1 is 1.04 bits per heavy atom. The van der Waals surface area contributed by atoms with Gasteiger partial charge in [-0.25, -0.2) is 0 Å². The normalized spacial score (nSPS) is 10.8. The van der Waals surface area contributed by atoms with Crippen molar-refractivity contribution in [3.05, 3.63) is 36.4 Å². The second kappa shape index (κ2) is 7.63. The molecule has 7 nitrogen and oxygen atoms in total. The largest absolute Gasteiger partial charge is 0.493 e. The zero-order valence-corrected chi connectivity index (χ0v) is 14.3. The van der Waals surface area contributed by atoms with Gasteiger partial charge in [0.2, 0.25) is 0 Å². The third kappa shape index (κ3) is 5.42. The van der Waals surface area contributed by atoms with Gasteiger partial charge >= 0.3 is 0 Å². The maximum atomic E-state index is 11.9. The van der Waals surface area contributed by atoms with Crippen molar-refractivity contribution in [1.29, 1.82) is 0 Å². The van der Waals surface area contributed by atoms with Gasteiger partial charge in [0.05, 0.1) is 7.11 Å². The maximum Gasteiger partial charge on any atom is 0.263 e. The number of rotatable bonds is 6. The molecule has 2 aromatic rings. The van der Waals surface area contributed by atoms with Gasteiger partial charge in [-0.2, -0.15) is 0 Å². The van der Waals surface area contributed by atoms with Crippen molar-refractivity contribution in [1.82, 2.24) is 10.2 Å². The summed E-state index contributed by atoms with van der Waals surface area (Å²) in [5.41, 5.74) is -0.109. The summed E-state index contributed by atoms with van der Waals surface area (Å²) in [5.74, 6) is 1.76. The van der Waals surface area contributed by atoms with E-state index < -0.39 is 0 Å². The van der Waals surface area contributed by atoms with Gasteiger partial charge < -0.3 is 20.1 Å². The van der Waals surface area contributed by atoms with E-state index in [0.717, 1.165) is 0 Å². The van der Waals surface area contributed by atoms with E-state index in [0.29, 0.717) is 23.1 Å². The van der Waals surface area contributed by atoms with Gasteiger partial charge in [0.25, 0.3) is 5.91 Å². The van der Waals surface area contributed by atoms with Gasteiger partial charge in [0.1, 0.15) is 5.82 Å². The number of benzene rings is 1. The lowest BCUT2D eigenvalue weighted by Crippen LogP contribution is -2.27. The summed E-state index contributed by atoms with van der Waals surface area (Å²) in [4.78, 5) is 11.9. The number of hydrogen-bond acceptors (Lipinski definition) is 6.